The van der Waals surface area contributed by atoms with E-state index in [-0.39, 0.29) is 24.5 Å². The van der Waals surface area contributed by atoms with E-state index in [4.69, 9.17) is 4.74 Å². The summed E-state index contributed by atoms with van der Waals surface area (Å²) in [5.41, 5.74) is 1.86. The van der Waals surface area contributed by atoms with E-state index in [0.717, 1.165) is 36.8 Å². The SMILES string of the molecule is O=C(NCc1cccnc1)[C@@H]1OCC(=O)N(C2CCCC2)[C@H]1c1ccccc1. The monoisotopic (exact) mass is 379 g/mol. The Kier molecular flexibility index (Phi) is 5.67. The van der Waals surface area contributed by atoms with Gasteiger partial charge in [0.25, 0.3) is 5.91 Å². The lowest BCUT2D eigenvalue weighted by Gasteiger charge is -2.43. The van der Waals surface area contributed by atoms with E-state index >= 15 is 0 Å². The van der Waals surface area contributed by atoms with Crippen molar-refractivity contribution in [2.45, 2.75) is 50.4 Å². The first-order chi connectivity index (χ1) is 13.7. The smallest absolute Gasteiger partial charge is 0.251 e. The summed E-state index contributed by atoms with van der Waals surface area (Å²) in [5, 5.41) is 2.95. The van der Waals surface area contributed by atoms with Gasteiger partial charge in [-0.1, -0.05) is 49.2 Å². The number of aromatic nitrogens is 1. The van der Waals surface area contributed by atoms with E-state index in [1.165, 1.54) is 0 Å². The van der Waals surface area contributed by atoms with Crippen LogP contribution in [-0.4, -0.2) is 40.5 Å². The van der Waals surface area contributed by atoms with Gasteiger partial charge < -0.3 is 15.0 Å². The van der Waals surface area contributed by atoms with Gasteiger partial charge in [0.1, 0.15) is 6.61 Å². The minimum atomic E-state index is -0.725. The Morgan fingerprint density at radius 2 is 1.93 bits per heavy atom. The summed E-state index contributed by atoms with van der Waals surface area (Å²) < 4.78 is 5.78. The lowest BCUT2D eigenvalue weighted by molar-refractivity contribution is -0.168. The molecule has 6 heteroatoms. The molecule has 0 spiro atoms. The Balaban J connectivity index is 1.58. The number of hydrogen-bond acceptors (Lipinski definition) is 4. The molecule has 2 atom stereocenters. The fraction of sp³-hybridized carbons (Fsp3) is 0.409. The number of rotatable bonds is 5. The van der Waals surface area contributed by atoms with Crippen LogP contribution in [-0.2, 0) is 20.9 Å². The first-order valence-electron chi connectivity index (χ1n) is 9.88. The third-order valence-corrected chi connectivity index (χ3v) is 5.57. The average Bonchev–Trinajstić information content (AvgIpc) is 3.27. The highest BCUT2D eigenvalue weighted by Gasteiger charge is 2.44. The van der Waals surface area contributed by atoms with Gasteiger partial charge in [-0.3, -0.25) is 14.6 Å². The molecule has 4 rings (SSSR count). The molecular weight excluding hydrogens is 354 g/mol. The molecule has 146 valence electrons. The van der Waals surface area contributed by atoms with Crippen LogP contribution in [0.3, 0.4) is 0 Å². The summed E-state index contributed by atoms with van der Waals surface area (Å²) in [6.07, 6.45) is 6.91. The number of ether oxygens (including phenoxy) is 1. The van der Waals surface area contributed by atoms with Crippen molar-refractivity contribution in [2.75, 3.05) is 6.61 Å². The van der Waals surface area contributed by atoms with Gasteiger partial charge in [0.15, 0.2) is 6.10 Å². The summed E-state index contributed by atoms with van der Waals surface area (Å²) in [6, 6.07) is 13.3. The summed E-state index contributed by atoms with van der Waals surface area (Å²) in [5.74, 6) is -0.231. The molecule has 1 aliphatic heterocycles. The summed E-state index contributed by atoms with van der Waals surface area (Å²) in [4.78, 5) is 31.8. The summed E-state index contributed by atoms with van der Waals surface area (Å²) in [6.45, 7) is 0.330. The number of carbonyl (C=O) groups is 2. The topological polar surface area (TPSA) is 71.5 Å². The largest absolute Gasteiger partial charge is 0.356 e. The van der Waals surface area contributed by atoms with Crippen LogP contribution in [0.1, 0.15) is 42.9 Å². The second kappa shape index (κ2) is 8.52. The lowest BCUT2D eigenvalue weighted by Crippen LogP contribution is -2.56. The molecule has 2 aromatic rings. The summed E-state index contributed by atoms with van der Waals surface area (Å²) in [7, 11) is 0. The lowest BCUT2D eigenvalue weighted by atomic mass is 9.95. The van der Waals surface area contributed by atoms with Gasteiger partial charge in [0, 0.05) is 25.0 Å². The van der Waals surface area contributed by atoms with Crippen LogP contribution >= 0.6 is 0 Å². The number of amides is 2. The van der Waals surface area contributed by atoms with Crippen LogP contribution in [0.5, 0.6) is 0 Å². The van der Waals surface area contributed by atoms with Crippen LogP contribution in [0.2, 0.25) is 0 Å². The predicted octanol–water partition coefficient (Wildman–Crippen LogP) is 2.61. The van der Waals surface area contributed by atoms with Gasteiger partial charge in [0.05, 0.1) is 6.04 Å². The third-order valence-electron chi connectivity index (χ3n) is 5.57. The van der Waals surface area contributed by atoms with E-state index in [9.17, 15) is 9.59 Å². The zero-order valence-electron chi connectivity index (χ0n) is 15.8. The van der Waals surface area contributed by atoms with Crippen molar-refractivity contribution < 1.29 is 14.3 Å². The van der Waals surface area contributed by atoms with Crippen LogP contribution in [0.15, 0.2) is 54.9 Å². The van der Waals surface area contributed by atoms with E-state index in [2.05, 4.69) is 10.3 Å². The molecule has 0 radical (unpaired) electrons. The van der Waals surface area contributed by atoms with Crippen LogP contribution in [0.25, 0.3) is 0 Å². The number of hydrogen-bond donors (Lipinski definition) is 1. The summed E-state index contributed by atoms with van der Waals surface area (Å²) >= 11 is 0. The number of nitrogens with one attached hydrogen (secondary N) is 1. The van der Waals surface area contributed by atoms with Crippen LogP contribution < -0.4 is 5.32 Å². The van der Waals surface area contributed by atoms with Crippen molar-refractivity contribution in [3.05, 3.63) is 66.0 Å². The first-order valence-corrected chi connectivity index (χ1v) is 9.88. The molecule has 1 N–H and O–H groups in total. The molecule has 1 aromatic heterocycles. The van der Waals surface area contributed by atoms with Crippen molar-refractivity contribution in [3.8, 4) is 0 Å². The molecule has 2 fully saturated rings. The molecule has 1 aromatic carbocycles. The molecule has 2 amide bonds. The van der Waals surface area contributed by atoms with Crippen molar-refractivity contribution in [1.82, 2.24) is 15.2 Å². The standard InChI is InChI=1S/C22H25N3O3/c26-19-15-28-21(22(27)24-14-16-7-6-12-23-13-16)20(17-8-2-1-3-9-17)25(19)18-10-4-5-11-18/h1-3,6-9,12-13,18,20-21H,4-5,10-11,14-15H2,(H,24,27)/t20-,21+/m0/s1. The molecular formula is C22H25N3O3. The van der Waals surface area contributed by atoms with Crippen molar-refractivity contribution in [2.24, 2.45) is 0 Å². The highest BCUT2D eigenvalue weighted by atomic mass is 16.5. The second-order valence-corrected chi connectivity index (χ2v) is 7.41. The molecule has 28 heavy (non-hydrogen) atoms. The number of morpholine rings is 1. The Labute approximate surface area is 164 Å². The van der Waals surface area contributed by atoms with Gasteiger partial charge in [-0.25, -0.2) is 0 Å². The maximum Gasteiger partial charge on any atom is 0.251 e. The molecule has 2 aliphatic rings. The minimum Gasteiger partial charge on any atom is -0.356 e. The van der Waals surface area contributed by atoms with Crippen LogP contribution in [0, 0.1) is 0 Å². The van der Waals surface area contributed by atoms with Gasteiger partial charge in [-0.05, 0) is 30.0 Å². The third kappa shape index (κ3) is 3.92. The van der Waals surface area contributed by atoms with E-state index < -0.39 is 12.1 Å². The predicted molar refractivity (Wildman–Crippen MR) is 104 cm³/mol. The molecule has 0 unspecified atom stereocenters. The van der Waals surface area contributed by atoms with Crippen molar-refractivity contribution >= 4 is 11.8 Å². The Hall–Kier alpha value is -2.73. The molecule has 1 saturated heterocycles. The molecule has 1 aliphatic carbocycles. The average molecular weight is 379 g/mol. The molecule has 0 bridgehead atoms. The number of nitrogens with zero attached hydrogens (tertiary/aromatic N) is 2. The Morgan fingerprint density at radius 1 is 1.14 bits per heavy atom. The Morgan fingerprint density at radius 3 is 2.64 bits per heavy atom. The quantitative estimate of drug-likeness (QED) is 0.867. The van der Waals surface area contributed by atoms with E-state index in [1.807, 2.05) is 47.4 Å². The molecule has 6 nitrogen and oxygen atoms in total. The fourth-order valence-corrected chi connectivity index (χ4v) is 4.24. The zero-order valence-corrected chi connectivity index (χ0v) is 15.8. The fourth-order valence-electron chi connectivity index (χ4n) is 4.24. The van der Waals surface area contributed by atoms with Gasteiger partial charge in [-0.15, -0.1) is 0 Å². The minimum absolute atomic E-state index is 0.0305. The Bertz CT molecular complexity index is 806. The first kappa shape index (κ1) is 18.6. The van der Waals surface area contributed by atoms with E-state index in [0.29, 0.717) is 6.54 Å². The van der Waals surface area contributed by atoms with E-state index in [1.54, 1.807) is 12.4 Å². The normalized spacial score (nSPS) is 23.0. The van der Waals surface area contributed by atoms with Crippen LogP contribution in [0.4, 0.5) is 0 Å². The zero-order chi connectivity index (χ0) is 19.3. The maximum absolute atomic E-state index is 13.0. The van der Waals surface area contributed by atoms with Gasteiger partial charge in [-0.2, -0.15) is 0 Å². The highest BCUT2D eigenvalue weighted by Crippen LogP contribution is 2.36. The molecule has 1 saturated carbocycles. The van der Waals surface area contributed by atoms with Gasteiger partial charge >= 0.3 is 0 Å². The number of pyridine rings is 1. The maximum atomic E-state index is 13.0. The van der Waals surface area contributed by atoms with Crippen molar-refractivity contribution in [3.63, 3.8) is 0 Å². The van der Waals surface area contributed by atoms with Gasteiger partial charge in [0.2, 0.25) is 5.91 Å². The van der Waals surface area contributed by atoms with Crippen molar-refractivity contribution in [1.29, 1.82) is 0 Å². The second-order valence-electron chi connectivity index (χ2n) is 7.41. The molecule has 2 heterocycles. The number of benzene rings is 1. The highest BCUT2D eigenvalue weighted by molar-refractivity contribution is 5.86. The number of carbonyl (C=O) groups excluding carboxylic acids is 2.